The Morgan fingerprint density at radius 3 is 2.37 bits per heavy atom. The number of primary sulfonamides is 1. The second-order valence-corrected chi connectivity index (χ2v) is 8.68. The number of anilines is 1. The van der Waals surface area contributed by atoms with Crippen LogP contribution in [0.4, 0.5) is 5.69 Å². The molecule has 8 nitrogen and oxygen atoms in total. The van der Waals surface area contributed by atoms with E-state index in [0.29, 0.717) is 28.9 Å². The summed E-state index contributed by atoms with van der Waals surface area (Å²) in [4.78, 5) is 24.6. The Morgan fingerprint density at radius 2 is 1.73 bits per heavy atom. The third-order valence-electron chi connectivity index (χ3n) is 4.13. The van der Waals surface area contributed by atoms with Gasteiger partial charge < -0.3 is 15.1 Å². The lowest BCUT2D eigenvalue weighted by atomic mass is 10.1. The van der Waals surface area contributed by atoms with Crippen LogP contribution in [0.2, 0.25) is 0 Å². The highest BCUT2D eigenvalue weighted by atomic mass is 79.9. The minimum Gasteiger partial charge on any atom is -0.444 e. The predicted octanol–water partition coefficient (Wildman–Crippen LogP) is 2.91. The maximum Gasteiger partial charge on any atom is 0.291 e. The molecule has 3 rings (SSSR count). The number of carbonyl (C=O) groups excluding carboxylic acids is 2. The van der Waals surface area contributed by atoms with Crippen molar-refractivity contribution in [3.63, 3.8) is 0 Å². The van der Waals surface area contributed by atoms with Gasteiger partial charge in [0.2, 0.25) is 10.0 Å². The van der Waals surface area contributed by atoms with Crippen LogP contribution < -0.4 is 15.8 Å². The van der Waals surface area contributed by atoms with E-state index in [0.717, 1.165) is 5.56 Å². The summed E-state index contributed by atoms with van der Waals surface area (Å²) >= 11 is 3.14. The van der Waals surface area contributed by atoms with Crippen molar-refractivity contribution in [1.82, 2.24) is 5.32 Å². The van der Waals surface area contributed by atoms with Crippen LogP contribution in [0.5, 0.6) is 0 Å². The molecule has 3 aromatic rings. The molecule has 2 amide bonds. The summed E-state index contributed by atoms with van der Waals surface area (Å²) in [6.07, 6.45) is 0.514. The zero-order valence-corrected chi connectivity index (χ0v) is 18.0. The molecule has 4 N–H and O–H groups in total. The van der Waals surface area contributed by atoms with Crippen LogP contribution >= 0.6 is 15.9 Å². The van der Waals surface area contributed by atoms with Crippen molar-refractivity contribution in [1.29, 1.82) is 0 Å². The molecule has 10 heteroatoms. The second-order valence-electron chi connectivity index (χ2n) is 6.33. The van der Waals surface area contributed by atoms with Crippen molar-refractivity contribution >= 4 is 43.5 Å². The first-order chi connectivity index (χ1) is 14.2. The molecule has 1 aromatic heterocycles. The van der Waals surface area contributed by atoms with E-state index in [1.165, 1.54) is 18.2 Å². The number of hydrogen-bond acceptors (Lipinski definition) is 5. The lowest BCUT2D eigenvalue weighted by molar-refractivity contribution is 0.0952. The van der Waals surface area contributed by atoms with Crippen LogP contribution in [0, 0.1) is 0 Å². The molecule has 0 aliphatic rings. The van der Waals surface area contributed by atoms with Gasteiger partial charge in [0.25, 0.3) is 11.8 Å². The highest BCUT2D eigenvalue weighted by Crippen LogP contribution is 2.17. The van der Waals surface area contributed by atoms with Gasteiger partial charge in [0.1, 0.15) is 0 Å². The third kappa shape index (κ3) is 5.78. The number of furan rings is 1. The third-order valence-corrected chi connectivity index (χ3v) is 5.49. The van der Waals surface area contributed by atoms with Crippen molar-refractivity contribution in [2.45, 2.75) is 11.3 Å². The van der Waals surface area contributed by atoms with Gasteiger partial charge in [-0.25, -0.2) is 13.6 Å². The summed E-state index contributed by atoms with van der Waals surface area (Å²) in [5.74, 6) is -0.584. The van der Waals surface area contributed by atoms with E-state index < -0.39 is 15.9 Å². The summed E-state index contributed by atoms with van der Waals surface area (Å²) in [7, 11) is -3.73. The number of benzene rings is 2. The smallest absolute Gasteiger partial charge is 0.291 e. The summed E-state index contributed by atoms with van der Waals surface area (Å²) in [5.41, 5.74) is 1.70. The number of rotatable bonds is 7. The van der Waals surface area contributed by atoms with Gasteiger partial charge in [-0.2, -0.15) is 0 Å². The average molecular weight is 492 g/mol. The van der Waals surface area contributed by atoms with Gasteiger partial charge >= 0.3 is 0 Å². The second kappa shape index (κ2) is 9.24. The molecule has 0 aliphatic heterocycles. The molecule has 0 saturated heterocycles. The fraction of sp³-hybridized carbons (Fsp3) is 0.100. The maximum absolute atomic E-state index is 12.4. The molecule has 0 bridgehead atoms. The van der Waals surface area contributed by atoms with Crippen LogP contribution in [-0.2, 0) is 16.4 Å². The van der Waals surface area contributed by atoms with Crippen molar-refractivity contribution in [2.75, 3.05) is 11.9 Å². The Kier molecular flexibility index (Phi) is 6.70. The van der Waals surface area contributed by atoms with Gasteiger partial charge in [0.05, 0.1) is 4.90 Å². The molecule has 2 aromatic carbocycles. The molecule has 0 aliphatic carbocycles. The summed E-state index contributed by atoms with van der Waals surface area (Å²) in [5, 5.41) is 10.5. The fourth-order valence-corrected chi connectivity index (χ4v) is 3.46. The van der Waals surface area contributed by atoms with Gasteiger partial charge in [-0.05, 0) is 70.4 Å². The molecule has 0 fully saturated rings. The lowest BCUT2D eigenvalue weighted by Gasteiger charge is -2.08. The Labute approximate surface area is 181 Å². The van der Waals surface area contributed by atoms with Gasteiger partial charge in [0, 0.05) is 17.8 Å². The first kappa shape index (κ1) is 21.8. The normalized spacial score (nSPS) is 11.1. The molecule has 0 radical (unpaired) electrons. The van der Waals surface area contributed by atoms with Crippen LogP contribution in [0.15, 0.2) is 74.6 Å². The number of hydrogen-bond donors (Lipinski definition) is 3. The topological polar surface area (TPSA) is 132 Å². The molecule has 0 saturated carbocycles. The summed E-state index contributed by atoms with van der Waals surface area (Å²) in [6.45, 7) is 0.352. The van der Waals surface area contributed by atoms with Crippen molar-refractivity contribution in [3.8, 4) is 0 Å². The van der Waals surface area contributed by atoms with E-state index >= 15 is 0 Å². The monoisotopic (exact) mass is 491 g/mol. The van der Waals surface area contributed by atoms with Crippen molar-refractivity contribution < 1.29 is 22.4 Å². The zero-order chi connectivity index (χ0) is 21.7. The predicted molar refractivity (Wildman–Crippen MR) is 115 cm³/mol. The van der Waals surface area contributed by atoms with Gasteiger partial charge in [-0.3, -0.25) is 9.59 Å². The molecule has 1 heterocycles. The zero-order valence-electron chi connectivity index (χ0n) is 15.6. The van der Waals surface area contributed by atoms with E-state index in [1.54, 1.807) is 42.5 Å². The van der Waals surface area contributed by atoms with Crippen molar-refractivity contribution in [2.24, 2.45) is 5.14 Å². The van der Waals surface area contributed by atoms with Gasteiger partial charge in [-0.1, -0.05) is 18.2 Å². The SMILES string of the molecule is NS(=O)(=O)c1ccc(CCNC(=O)c2cccc(NC(=O)c3ccc(Br)o3)c2)cc1. The van der Waals surface area contributed by atoms with E-state index in [9.17, 15) is 18.0 Å². The maximum atomic E-state index is 12.4. The first-order valence-corrected chi connectivity index (χ1v) is 11.1. The number of sulfonamides is 1. The van der Waals surface area contributed by atoms with Crippen LogP contribution in [0.25, 0.3) is 0 Å². The highest BCUT2D eigenvalue weighted by molar-refractivity contribution is 9.10. The van der Waals surface area contributed by atoms with Crippen molar-refractivity contribution in [3.05, 3.63) is 82.2 Å². The highest BCUT2D eigenvalue weighted by Gasteiger charge is 2.12. The fourth-order valence-electron chi connectivity index (χ4n) is 2.64. The van der Waals surface area contributed by atoms with E-state index in [1.807, 2.05) is 0 Å². The minimum atomic E-state index is -3.73. The van der Waals surface area contributed by atoms with E-state index in [2.05, 4.69) is 26.6 Å². The Balaban J connectivity index is 1.55. The Morgan fingerprint density at radius 1 is 1.00 bits per heavy atom. The quantitative estimate of drug-likeness (QED) is 0.467. The van der Waals surface area contributed by atoms with Crippen LogP contribution in [0.3, 0.4) is 0 Å². The molecule has 0 spiro atoms. The molecule has 30 heavy (non-hydrogen) atoms. The number of amides is 2. The average Bonchev–Trinajstić information content (AvgIpc) is 3.14. The minimum absolute atomic E-state index is 0.0380. The van der Waals surface area contributed by atoms with Crippen LogP contribution in [0.1, 0.15) is 26.5 Å². The molecule has 0 atom stereocenters. The number of nitrogens with two attached hydrogens (primary N) is 1. The van der Waals surface area contributed by atoms with Crippen LogP contribution in [-0.4, -0.2) is 26.8 Å². The Bertz CT molecular complexity index is 1170. The molecule has 156 valence electrons. The number of halogens is 1. The Hall–Kier alpha value is -2.95. The lowest BCUT2D eigenvalue weighted by Crippen LogP contribution is -2.25. The van der Waals surface area contributed by atoms with Gasteiger partial charge in [-0.15, -0.1) is 0 Å². The summed E-state index contributed by atoms with van der Waals surface area (Å²) < 4.78 is 28.2. The molecule has 0 unspecified atom stereocenters. The summed E-state index contributed by atoms with van der Waals surface area (Å²) in [6, 6.07) is 15.8. The van der Waals surface area contributed by atoms with E-state index in [-0.39, 0.29) is 16.6 Å². The van der Waals surface area contributed by atoms with E-state index in [4.69, 9.17) is 9.56 Å². The number of nitrogens with one attached hydrogen (secondary N) is 2. The molecular formula is C20H18BrN3O5S. The number of carbonyl (C=O) groups is 2. The standard InChI is InChI=1S/C20H18BrN3O5S/c21-18-9-8-17(29-18)20(26)24-15-3-1-2-14(12-15)19(25)23-11-10-13-4-6-16(7-5-13)30(22,27)28/h1-9,12H,10-11H2,(H,23,25)(H,24,26)(H2,22,27,28). The largest absolute Gasteiger partial charge is 0.444 e. The van der Waals surface area contributed by atoms with Gasteiger partial charge in [0.15, 0.2) is 10.4 Å². The first-order valence-electron chi connectivity index (χ1n) is 8.79. The molecular weight excluding hydrogens is 474 g/mol.